The number of hydrogen-bond acceptors (Lipinski definition) is 5. The van der Waals surface area contributed by atoms with Crippen LogP contribution in [0.1, 0.15) is 13.8 Å². The van der Waals surface area contributed by atoms with Crippen molar-refractivity contribution in [1.29, 1.82) is 0 Å². The lowest BCUT2D eigenvalue weighted by Crippen LogP contribution is -2.19. The first-order valence-electron chi connectivity index (χ1n) is 2.94. The molecular weight excluding hydrogens is 148 g/mol. The average Bonchev–Trinajstić information content (AvgIpc) is 1.88. The van der Waals surface area contributed by atoms with Gasteiger partial charge in [-0.15, -0.1) is 0 Å². The molecule has 5 heteroatoms. The second kappa shape index (κ2) is 4.43. The largest absolute Gasteiger partial charge is 0.410 e. The third-order valence-corrected chi connectivity index (χ3v) is 1.00. The second-order valence-corrected chi connectivity index (χ2v) is 1.86. The van der Waals surface area contributed by atoms with Gasteiger partial charge in [0, 0.05) is 6.92 Å². The number of hydrogen-bond donors (Lipinski definition) is 1. The summed E-state index contributed by atoms with van der Waals surface area (Å²) in [7, 11) is 1.35. The summed E-state index contributed by atoms with van der Waals surface area (Å²) >= 11 is 0. The highest BCUT2D eigenvalue weighted by atomic mass is 16.6. The number of nitrogens with zero attached hydrogens (tertiary/aromatic N) is 2. The van der Waals surface area contributed by atoms with E-state index in [-0.39, 0.29) is 17.2 Å². The summed E-state index contributed by atoms with van der Waals surface area (Å²) in [5.41, 5.74) is 0.161. The average molecular weight is 158 g/mol. The topological polar surface area (TPSA) is 71.2 Å². The smallest absolute Gasteiger partial charge is 0.183 e. The lowest BCUT2D eigenvalue weighted by atomic mass is 10.2. The molecule has 0 aliphatic carbocycles. The predicted molar refractivity (Wildman–Crippen MR) is 40.0 cm³/mol. The molecule has 0 heterocycles. The van der Waals surface area contributed by atoms with E-state index in [1.165, 1.54) is 21.0 Å². The van der Waals surface area contributed by atoms with E-state index >= 15 is 0 Å². The van der Waals surface area contributed by atoms with Crippen LogP contribution in [0.4, 0.5) is 0 Å². The van der Waals surface area contributed by atoms with Crippen molar-refractivity contribution in [3.05, 3.63) is 0 Å². The molecule has 0 fully saturated rings. The first kappa shape index (κ1) is 9.61. The van der Waals surface area contributed by atoms with Crippen LogP contribution in [0.15, 0.2) is 10.3 Å². The van der Waals surface area contributed by atoms with Gasteiger partial charge in [-0.1, -0.05) is 10.3 Å². The minimum atomic E-state index is -0.356. The number of carbonyl (C=O) groups is 1. The van der Waals surface area contributed by atoms with E-state index in [2.05, 4.69) is 15.1 Å². The molecule has 0 rings (SSSR count). The van der Waals surface area contributed by atoms with E-state index in [4.69, 9.17) is 5.21 Å². The summed E-state index contributed by atoms with van der Waals surface area (Å²) in [6.07, 6.45) is 0. The molecule has 0 aliphatic heterocycles. The van der Waals surface area contributed by atoms with Crippen molar-refractivity contribution in [2.24, 2.45) is 10.3 Å². The highest BCUT2D eigenvalue weighted by Gasteiger charge is 2.10. The molecule has 0 spiro atoms. The first-order chi connectivity index (χ1) is 5.13. The van der Waals surface area contributed by atoms with Gasteiger partial charge in [0.25, 0.3) is 0 Å². The predicted octanol–water partition coefficient (Wildman–Crippen LogP) is 0.428. The fourth-order valence-electron chi connectivity index (χ4n) is 0.578. The Balaban J connectivity index is 4.54. The number of Topliss-reactive ketones (excluding diaryl/α,β-unsaturated/α-hetero) is 1. The molecule has 0 bridgehead atoms. The van der Waals surface area contributed by atoms with E-state index in [1.807, 2.05) is 0 Å². The molecule has 0 saturated heterocycles. The number of carbonyl (C=O) groups excluding carboxylic acids is 1. The molecule has 11 heavy (non-hydrogen) atoms. The Morgan fingerprint density at radius 2 is 2.00 bits per heavy atom. The Morgan fingerprint density at radius 3 is 2.27 bits per heavy atom. The van der Waals surface area contributed by atoms with Crippen LogP contribution in [-0.4, -0.2) is 29.5 Å². The van der Waals surface area contributed by atoms with Crippen molar-refractivity contribution in [2.75, 3.05) is 7.11 Å². The maximum atomic E-state index is 10.7. The zero-order valence-corrected chi connectivity index (χ0v) is 6.66. The summed E-state index contributed by atoms with van der Waals surface area (Å²) < 4.78 is 0. The van der Waals surface area contributed by atoms with Crippen LogP contribution >= 0.6 is 0 Å². The summed E-state index contributed by atoms with van der Waals surface area (Å²) in [6, 6.07) is 0. The highest BCUT2D eigenvalue weighted by Crippen LogP contribution is 1.86. The zero-order valence-electron chi connectivity index (χ0n) is 6.66. The maximum absolute atomic E-state index is 10.7. The number of oxime groups is 2. The first-order valence-corrected chi connectivity index (χ1v) is 2.94. The van der Waals surface area contributed by atoms with Crippen molar-refractivity contribution < 1.29 is 14.8 Å². The van der Waals surface area contributed by atoms with E-state index in [0.29, 0.717) is 0 Å². The van der Waals surface area contributed by atoms with E-state index < -0.39 is 0 Å². The molecule has 0 amide bonds. The normalized spacial score (nSPS) is 13.0. The van der Waals surface area contributed by atoms with Crippen LogP contribution in [-0.2, 0) is 9.63 Å². The molecule has 0 saturated carbocycles. The molecule has 0 aromatic rings. The van der Waals surface area contributed by atoms with E-state index in [1.54, 1.807) is 0 Å². The van der Waals surface area contributed by atoms with Crippen LogP contribution in [0, 0.1) is 0 Å². The van der Waals surface area contributed by atoms with Gasteiger partial charge in [0.15, 0.2) is 11.5 Å². The quantitative estimate of drug-likeness (QED) is 0.367. The molecule has 5 nitrogen and oxygen atoms in total. The fourth-order valence-corrected chi connectivity index (χ4v) is 0.578. The van der Waals surface area contributed by atoms with Gasteiger partial charge in [0.1, 0.15) is 12.8 Å². The molecule has 0 radical (unpaired) electrons. The summed E-state index contributed by atoms with van der Waals surface area (Å²) in [5.74, 6) is -0.356. The van der Waals surface area contributed by atoms with Crippen LogP contribution in [0.3, 0.4) is 0 Å². The van der Waals surface area contributed by atoms with Crippen molar-refractivity contribution in [1.82, 2.24) is 0 Å². The van der Waals surface area contributed by atoms with Crippen LogP contribution in [0.2, 0.25) is 0 Å². The second-order valence-electron chi connectivity index (χ2n) is 1.86. The third-order valence-electron chi connectivity index (χ3n) is 1.00. The highest BCUT2D eigenvalue weighted by molar-refractivity contribution is 6.66. The van der Waals surface area contributed by atoms with E-state index in [9.17, 15) is 4.79 Å². The minimum absolute atomic E-state index is 0.0909. The Bertz CT molecular complexity index is 208. The number of rotatable bonds is 3. The Hall–Kier alpha value is -1.39. The lowest BCUT2D eigenvalue weighted by Gasteiger charge is -1.96. The Morgan fingerprint density at radius 1 is 1.45 bits per heavy atom. The van der Waals surface area contributed by atoms with Gasteiger partial charge in [0.2, 0.25) is 0 Å². The van der Waals surface area contributed by atoms with Gasteiger partial charge in [-0.25, -0.2) is 0 Å². The third kappa shape index (κ3) is 2.79. The molecular formula is C6H10N2O3. The van der Waals surface area contributed by atoms with Gasteiger partial charge in [0.05, 0.1) is 0 Å². The summed E-state index contributed by atoms with van der Waals surface area (Å²) in [5, 5.41) is 14.5. The van der Waals surface area contributed by atoms with E-state index in [0.717, 1.165) is 0 Å². The zero-order chi connectivity index (χ0) is 8.85. The van der Waals surface area contributed by atoms with Crippen molar-refractivity contribution in [3.8, 4) is 0 Å². The molecule has 62 valence electrons. The molecule has 0 aromatic carbocycles. The summed E-state index contributed by atoms with van der Waals surface area (Å²) in [6.45, 7) is 2.80. The summed E-state index contributed by atoms with van der Waals surface area (Å²) in [4.78, 5) is 15.0. The van der Waals surface area contributed by atoms with Crippen molar-refractivity contribution in [3.63, 3.8) is 0 Å². The van der Waals surface area contributed by atoms with Gasteiger partial charge in [-0.3, -0.25) is 4.79 Å². The Kier molecular flexibility index (Phi) is 3.87. The monoisotopic (exact) mass is 158 g/mol. The van der Waals surface area contributed by atoms with Crippen LogP contribution in [0.25, 0.3) is 0 Å². The molecule has 0 aliphatic rings. The van der Waals surface area contributed by atoms with Crippen molar-refractivity contribution >= 4 is 17.2 Å². The van der Waals surface area contributed by atoms with Gasteiger partial charge >= 0.3 is 0 Å². The van der Waals surface area contributed by atoms with Crippen molar-refractivity contribution in [2.45, 2.75) is 13.8 Å². The van der Waals surface area contributed by atoms with Gasteiger partial charge < -0.3 is 10.0 Å². The molecule has 0 atom stereocenters. The van der Waals surface area contributed by atoms with Crippen LogP contribution < -0.4 is 0 Å². The number of ketones is 1. The SMILES string of the molecule is CON=C(C)C(=NO)C(C)=O. The molecule has 0 unspecified atom stereocenters. The van der Waals surface area contributed by atoms with Crippen LogP contribution in [0.5, 0.6) is 0 Å². The Labute approximate surface area is 64.3 Å². The maximum Gasteiger partial charge on any atom is 0.183 e. The minimum Gasteiger partial charge on any atom is -0.410 e. The fraction of sp³-hybridized carbons (Fsp3) is 0.500. The lowest BCUT2D eigenvalue weighted by molar-refractivity contribution is -0.111. The van der Waals surface area contributed by atoms with Gasteiger partial charge in [-0.05, 0) is 6.92 Å². The molecule has 0 aromatic heterocycles. The van der Waals surface area contributed by atoms with Gasteiger partial charge in [-0.2, -0.15) is 0 Å². The standard InChI is InChI=1S/C6H10N2O3/c1-4(8-11-3)6(7-10)5(2)9/h10H,1-3H3. The molecule has 1 N–H and O–H groups in total.